The molecule has 1 fully saturated rings. The van der Waals surface area contributed by atoms with Gasteiger partial charge in [0.1, 0.15) is 0 Å². The van der Waals surface area contributed by atoms with Gasteiger partial charge >= 0.3 is 0 Å². The molecule has 1 aromatic rings. The normalized spacial score (nSPS) is 19.4. The molecule has 6 nitrogen and oxygen atoms in total. The number of nitrogens with zero attached hydrogens (tertiary/aromatic N) is 2. The first-order valence-corrected chi connectivity index (χ1v) is 6.99. The van der Waals surface area contributed by atoms with Gasteiger partial charge in [-0.05, 0) is 35.1 Å². The van der Waals surface area contributed by atoms with Gasteiger partial charge in [0.05, 0.1) is 4.92 Å². The maximum absolute atomic E-state index is 11.4. The van der Waals surface area contributed by atoms with Crippen LogP contribution in [0.2, 0.25) is 0 Å². The van der Waals surface area contributed by atoms with Crippen LogP contribution >= 0.6 is 22.6 Å². The predicted octanol–water partition coefficient (Wildman–Crippen LogP) is 2.23. The van der Waals surface area contributed by atoms with Gasteiger partial charge in [-0.1, -0.05) is 0 Å². The van der Waals surface area contributed by atoms with E-state index < -0.39 is 4.92 Å². The van der Waals surface area contributed by atoms with Crippen molar-refractivity contribution in [3.05, 3.63) is 31.9 Å². The number of anilines is 1. The molecule has 1 N–H and O–H groups in total. The van der Waals surface area contributed by atoms with Crippen LogP contribution in [0.5, 0.6) is 0 Å². The highest BCUT2D eigenvalue weighted by molar-refractivity contribution is 14.1. The molecule has 1 aromatic carbocycles. The van der Waals surface area contributed by atoms with Crippen LogP contribution in [0.1, 0.15) is 12.8 Å². The van der Waals surface area contributed by atoms with E-state index >= 15 is 0 Å². The molecule has 0 radical (unpaired) electrons. The van der Waals surface area contributed by atoms with Gasteiger partial charge < -0.3 is 10.2 Å². The Labute approximate surface area is 124 Å². The van der Waals surface area contributed by atoms with Crippen molar-refractivity contribution in [2.45, 2.75) is 18.9 Å². The fourth-order valence-electron chi connectivity index (χ4n) is 2.08. The van der Waals surface area contributed by atoms with Crippen LogP contribution in [0.4, 0.5) is 11.4 Å². The number of non-ortho nitro benzene ring substituents is 1. The van der Waals surface area contributed by atoms with Crippen LogP contribution in [0.3, 0.4) is 0 Å². The standard InChI is InChI=1S/C12H14IN3O3/c1-15-7-8(2-5-12(15)17)14-11-4-3-9(16(18)19)6-10(11)13/h3-4,6,8,14H,2,5,7H2,1H3. The number of carbonyl (C=O) groups excluding carboxylic acids is 1. The second-order valence-corrected chi connectivity index (χ2v) is 5.74. The highest BCUT2D eigenvalue weighted by atomic mass is 127. The zero-order valence-corrected chi connectivity index (χ0v) is 12.6. The van der Waals surface area contributed by atoms with Crippen LogP contribution in [0, 0.1) is 13.7 Å². The van der Waals surface area contributed by atoms with Crippen molar-refractivity contribution in [1.29, 1.82) is 0 Å². The smallest absolute Gasteiger partial charge is 0.270 e. The quantitative estimate of drug-likeness (QED) is 0.500. The second-order valence-electron chi connectivity index (χ2n) is 4.58. The number of hydrogen-bond donors (Lipinski definition) is 1. The number of nitro groups is 1. The van der Waals surface area contributed by atoms with Gasteiger partial charge in [0.2, 0.25) is 5.91 Å². The molecule has 0 spiro atoms. The first-order valence-electron chi connectivity index (χ1n) is 5.92. The molecular weight excluding hydrogens is 361 g/mol. The first kappa shape index (κ1) is 14.0. The summed E-state index contributed by atoms with van der Waals surface area (Å²) >= 11 is 2.08. The Bertz CT molecular complexity index is 521. The fourth-order valence-corrected chi connectivity index (χ4v) is 2.74. The molecule has 1 aliphatic heterocycles. The number of halogens is 1. The molecule has 0 aromatic heterocycles. The Morgan fingerprint density at radius 1 is 1.53 bits per heavy atom. The summed E-state index contributed by atoms with van der Waals surface area (Å²) in [5, 5.41) is 14.0. The summed E-state index contributed by atoms with van der Waals surface area (Å²) in [6.07, 6.45) is 1.33. The van der Waals surface area contributed by atoms with Gasteiger partial charge in [-0.2, -0.15) is 0 Å². The molecule has 1 unspecified atom stereocenters. The van der Waals surface area contributed by atoms with Crippen LogP contribution in [-0.4, -0.2) is 35.4 Å². The monoisotopic (exact) mass is 375 g/mol. The summed E-state index contributed by atoms with van der Waals surface area (Å²) in [6.45, 7) is 0.659. The molecule has 1 saturated heterocycles. The molecule has 19 heavy (non-hydrogen) atoms. The van der Waals surface area contributed by atoms with Gasteiger partial charge in [0, 0.05) is 47.4 Å². The highest BCUT2D eigenvalue weighted by Crippen LogP contribution is 2.25. The van der Waals surface area contributed by atoms with E-state index in [1.807, 2.05) is 0 Å². The molecular formula is C12H14IN3O3. The van der Waals surface area contributed by atoms with Gasteiger partial charge in [0.25, 0.3) is 5.69 Å². The minimum Gasteiger partial charge on any atom is -0.380 e. The lowest BCUT2D eigenvalue weighted by Gasteiger charge is -2.31. The Morgan fingerprint density at radius 3 is 2.84 bits per heavy atom. The number of hydrogen-bond acceptors (Lipinski definition) is 4. The summed E-state index contributed by atoms with van der Waals surface area (Å²) < 4.78 is 0.811. The van der Waals surface area contributed by atoms with Gasteiger partial charge in [0.15, 0.2) is 0 Å². The van der Waals surface area contributed by atoms with Crippen molar-refractivity contribution in [2.24, 2.45) is 0 Å². The molecule has 7 heteroatoms. The average molecular weight is 375 g/mol. The second kappa shape index (κ2) is 5.72. The zero-order valence-electron chi connectivity index (χ0n) is 10.4. The van der Waals surface area contributed by atoms with Gasteiger partial charge in [-0.15, -0.1) is 0 Å². The number of likely N-dealkylation sites (tertiary alicyclic amines) is 1. The topological polar surface area (TPSA) is 75.5 Å². The lowest BCUT2D eigenvalue weighted by atomic mass is 10.1. The summed E-state index contributed by atoms with van der Waals surface area (Å²) in [6, 6.07) is 4.94. The number of nitrogens with one attached hydrogen (secondary N) is 1. The molecule has 1 amide bonds. The summed E-state index contributed by atoms with van der Waals surface area (Å²) in [4.78, 5) is 23.4. The van der Waals surface area contributed by atoms with E-state index in [9.17, 15) is 14.9 Å². The van der Waals surface area contributed by atoms with E-state index in [2.05, 4.69) is 27.9 Å². The number of piperidine rings is 1. The number of rotatable bonds is 3. The summed E-state index contributed by atoms with van der Waals surface area (Å²) in [5.41, 5.74) is 0.963. The molecule has 0 aliphatic carbocycles. The number of benzene rings is 1. The molecule has 102 valence electrons. The first-order chi connectivity index (χ1) is 8.97. The average Bonchev–Trinajstić information content (AvgIpc) is 2.36. The van der Waals surface area contributed by atoms with Crippen molar-refractivity contribution < 1.29 is 9.72 Å². The van der Waals surface area contributed by atoms with Crippen LogP contribution < -0.4 is 5.32 Å². The third-order valence-corrected chi connectivity index (χ3v) is 4.04. The maximum atomic E-state index is 11.4. The van der Waals surface area contributed by atoms with Crippen molar-refractivity contribution in [3.8, 4) is 0 Å². The Kier molecular flexibility index (Phi) is 4.23. The van der Waals surface area contributed by atoms with Crippen molar-refractivity contribution in [2.75, 3.05) is 18.9 Å². The molecule has 2 rings (SSSR count). The van der Waals surface area contributed by atoms with Crippen molar-refractivity contribution in [3.63, 3.8) is 0 Å². The summed E-state index contributed by atoms with van der Waals surface area (Å²) in [5.74, 6) is 0.163. The SMILES string of the molecule is CN1CC(Nc2ccc([N+](=O)[O-])cc2I)CCC1=O. The van der Waals surface area contributed by atoms with E-state index in [-0.39, 0.29) is 17.6 Å². The summed E-state index contributed by atoms with van der Waals surface area (Å²) in [7, 11) is 1.79. The largest absolute Gasteiger partial charge is 0.380 e. The van der Waals surface area contributed by atoms with Crippen LogP contribution in [0.15, 0.2) is 18.2 Å². The minimum atomic E-state index is -0.404. The number of carbonyl (C=O) groups is 1. The van der Waals surface area contributed by atoms with Crippen LogP contribution in [0.25, 0.3) is 0 Å². The fraction of sp³-hybridized carbons (Fsp3) is 0.417. The Balaban J connectivity index is 2.07. The van der Waals surface area contributed by atoms with E-state index in [1.54, 1.807) is 24.1 Å². The maximum Gasteiger partial charge on any atom is 0.270 e. The highest BCUT2D eigenvalue weighted by Gasteiger charge is 2.23. The van der Waals surface area contributed by atoms with Crippen LogP contribution in [-0.2, 0) is 4.79 Å². The van der Waals surface area contributed by atoms with Gasteiger partial charge in [-0.3, -0.25) is 14.9 Å². The lowest BCUT2D eigenvalue weighted by Crippen LogP contribution is -2.43. The van der Waals surface area contributed by atoms with E-state index in [1.165, 1.54) is 6.07 Å². The molecule has 0 saturated carbocycles. The van der Waals surface area contributed by atoms with Crippen molar-refractivity contribution in [1.82, 2.24) is 4.90 Å². The molecule has 1 heterocycles. The van der Waals surface area contributed by atoms with Crippen molar-refractivity contribution >= 4 is 39.9 Å². The van der Waals surface area contributed by atoms with Gasteiger partial charge in [-0.25, -0.2) is 0 Å². The zero-order chi connectivity index (χ0) is 14.0. The van der Waals surface area contributed by atoms with E-state index in [4.69, 9.17) is 0 Å². The van der Waals surface area contributed by atoms with E-state index in [0.29, 0.717) is 13.0 Å². The lowest BCUT2D eigenvalue weighted by molar-refractivity contribution is -0.384. The number of nitro benzene ring substituents is 1. The third-order valence-electron chi connectivity index (χ3n) is 3.15. The molecule has 0 bridgehead atoms. The number of likely N-dealkylation sites (N-methyl/N-ethyl adjacent to an activating group) is 1. The molecule has 1 aliphatic rings. The minimum absolute atomic E-state index is 0.0888. The third kappa shape index (κ3) is 3.34. The van der Waals surface area contributed by atoms with E-state index in [0.717, 1.165) is 15.7 Å². The Hall–Kier alpha value is -1.38. The number of amides is 1. The predicted molar refractivity (Wildman–Crippen MR) is 80.1 cm³/mol. The molecule has 1 atom stereocenters. The Morgan fingerprint density at radius 2 is 2.26 bits per heavy atom.